The smallest absolute Gasteiger partial charge is 0.329 e. The highest BCUT2D eigenvalue weighted by molar-refractivity contribution is 7.22. The second kappa shape index (κ2) is 6.86. The highest BCUT2D eigenvalue weighted by Crippen LogP contribution is 2.37. The Bertz CT molecular complexity index is 1160. The number of nitrogens with zero attached hydrogens (tertiary/aromatic N) is 1. The van der Waals surface area contributed by atoms with Crippen molar-refractivity contribution in [2.24, 2.45) is 0 Å². The number of benzene rings is 1. The zero-order valence-corrected chi connectivity index (χ0v) is 15.9. The molecule has 1 fully saturated rings. The van der Waals surface area contributed by atoms with Gasteiger partial charge >= 0.3 is 5.69 Å². The van der Waals surface area contributed by atoms with Gasteiger partial charge in [-0.25, -0.2) is 4.79 Å². The molecule has 3 aromatic rings. The molecule has 4 rings (SSSR count). The van der Waals surface area contributed by atoms with E-state index >= 15 is 0 Å². The number of ether oxygens (including phenoxy) is 1. The molecular weight excluding hydrogens is 390 g/mol. The highest BCUT2D eigenvalue weighted by atomic mass is 35.5. The number of fused-ring (bicyclic) bond motifs is 1. The van der Waals surface area contributed by atoms with Crippen molar-refractivity contribution in [1.82, 2.24) is 14.9 Å². The number of carbonyl (C=O) groups is 1. The summed E-state index contributed by atoms with van der Waals surface area (Å²) >= 11 is 7.56. The van der Waals surface area contributed by atoms with Crippen molar-refractivity contribution in [3.63, 3.8) is 0 Å². The molecule has 9 heteroatoms. The molecule has 1 atom stereocenters. The van der Waals surface area contributed by atoms with E-state index in [9.17, 15) is 14.4 Å². The Kier molecular flexibility index (Phi) is 4.53. The summed E-state index contributed by atoms with van der Waals surface area (Å²) in [5.41, 5.74) is 0.290. The number of carbonyl (C=O) groups excluding carboxylic acids is 1. The van der Waals surface area contributed by atoms with Crippen LogP contribution < -0.4 is 21.3 Å². The second-order valence-electron chi connectivity index (χ2n) is 6.30. The summed E-state index contributed by atoms with van der Waals surface area (Å²) in [4.78, 5) is 40.6. The molecule has 140 valence electrons. The number of thiophene rings is 1. The van der Waals surface area contributed by atoms with Gasteiger partial charge in [0.25, 0.3) is 5.56 Å². The van der Waals surface area contributed by atoms with Crippen molar-refractivity contribution in [2.75, 3.05) is 13.7 Å². The van der Waals surface area contributed by atoms with E-state index in [2.05, 4.69) is 10.3 Å². The maximum absolute atomic E-state index is 13.0. The number of amides is 1. The number of hydrogen-bond acceptors (Lipinski definition) is 5. The quantitative estimate of drug-likeness (QED) is 0.700. The van der Waals surface area contributed by atoms with E-state index in [4.69, 9.17) is 16.3 Å². The van der Waals surface area contributed by atoms with Crippen LogP contribution in [0.15, 0.2) is 33.9 Å². The third-order valence-corrected chi connectivity index (χ3v) is 6.12. The second-order valence-corrected chi connectivity index (χ2v) is 7.76. The van der Waals surface area contributed by atoms with Crippen LogP contribution >= 0.6 is 22.9 Å². The van der Waals surface area contributed by atoms with Crippen LogP contribution in [0.25, 0.3) is 20.7 Å². The molecule has 0 aliphatic carbocycles. The molecule has 3 heterocycles. The third-order valence-electron chi connectivity index (χ3n) is 4.63. The van der Waals surface area contributed by atoms with Crippen LogP contribution in [0.3, 0.4) is 0 Å². The van der Waals surface area contributed by atoms with Gasteiger partial charge in [0.15, 0.2) is 0 Å². The van der Waals surface area contributed by atoms with E-state index in [0.29, 0.717) is 34.0 Å². The molecule has 1 amide bonds. The van der Waals surface area contributed by atoms with Gasteiger partial charge in [-0.05, 0) is 30.7 Å². The summed E-state index contributed by atoms with van der Waals surface area (Å²) < 4.78 is 6.83. The monoisotopic (exact) mass is 405 g/mol. The lowest BCUT2D eigenvalue weighted by molar-refractivity contribution is -0.123. The Labute approximate surface area is 162 Å². The minimum atomic E-state index is -0.506. The standard InChI is InChI=1S/C18H16ClN3O4S/c1-26-10-2-3-12(19)11(7-10)14-8-13-16(27-14)17(24)22(18(25)21-13)9-4-5-20-15(23)6-9/h2-3,7-9H,4-6H2,1H3,(H,20,23)(H,21,25)/t9-/m0/s1. The lowest BCUT2D eigenvalue weighted by atomic mass is 10.1. The number of piperidine rings is 1. The van der Waals surface area contributed by atoms with Crippen molar-refractivity contribution >= 4 is 39.1 Å². The van der Waals surface area contributed by atoms with Gasteiger partial charge in [0.1, 0.15) is 10.4 Å². The summed E-state index contributed by atoms with van der Waals surface area (Å²) in [6, 6.07) is 6.56. The molecule has 7 nitrogen and oxygen atoms in total. The van der Waals surface area contributed by atoms with E-state index in [1.165, 1.54) is 11.3 Å². The molecule has 0 bridgehead atoms. The van der Waals surface area contributed by atoms with Crippen LogP contribution in [0.2, 0.25) is 5.02 Å². The number of halogens is 1. The van der Waals surface area contributed by atoms with E-state index in [-0.39, 0.29) is 17.9 Å². The number of H-pyrrole nitrogens is 1. The number of rotatable bonds is 3. The highest BCUT2D eigenvalue weighted by Gasteiger charge is 2.25. The predicted octanol–water partition coefficient (Wildman–Crippen LogP) is 2.53. The Hall–Kier alpha value is -2.58. The van der Waals surface area contributed by atoms with Crippen LogP contribution in [0.5, 0.6) is 5.75 Å². The van der Waals surface area contributed by atoms with Gasteiger partial charge in [-0.1, -0.05) is 11.6 Å². The first kappa shape index (κ1) is 17.8. The summed E-state index contributed by atoms with van der Waals surface area (Å²) in [7, 11) is 1.56. The van der Waals surface area contributed by atoms with Crippen LogP contribution in [-0.2, 0) is 4.79 Å². The van der Waals surface area contributed by atoms with Crippen LogP contribution in [0, 0.1) is 0 Å². The molecule has 1 aliphatic heterocycles. The molecule has 2 aromatic heterocycles. The summed E-state index contributed by atoms with van der Waals surface area (Å²) in [6.45, 7) is 0.447. The van der Waals surface area contributed by atoms with E-state index in [1.807, 2.05) is 0 Å². The van der Waals surface area contributed by atoms with E-state index < -0.39 is 11.7 Å². The van der Waals surface area contributed by atoms with Crippen molar-refractivity contribution < 1.29 is 9.53 Å². The number of nitrogens with one attached hydrogen (secondary N) is 2. The first-order valence-corrected chi connectivity index (χ1v) is 9.56. The summed E-state index contributed by atoms with van der Waals surface area (Å²) in [6.07, 6.45) is 0.661. The SMILES string of the molecule is COc1ccc(Cl)c(-c2cc3[nH]c(=O)n([C@H]4CCNC(=O)C4)c(=O)c3s2)c1. The Morgan fingerprint density at radius 2 is 2.07 bits per heavy atom. The number of aromatic amines is 1. The summed E-state index contributed by atoms with van der Waals surface area (Å²) in [5.74, 6) is 0.485. The van der Waals surface area contributed by atoms with Gasteiger partial charge in [0.05, 0.1) is 18.7 Å². The lowest BCUT2D eigenvalue weighted by Crippen LogP contribution is -2.43. The number of hydrogen-bond donors (Lipinski definition) is 2. The van der Waals surface area contributed by atoms with E-state index in [0.717, 1.165) is 15.0 Å². The van der Waals surface area contributed by atoms with Gasteiger partial charge in [0, 0.05) is 28.4 Å². The largest absolute Gasteiger partial charge is 0.497 e. The maximum Gasteiger partial charge on any atom is 0.329 e. The fourth-order valence-corrected chi connectivity index (χ4v) is 4.65. The molecule has 2 N–H and O–H groups in total. The van der Waals surface area contributed by atoms with E-state index in [1.54, 1.807) is 31.4 Å². The zero-order valence-electron chi connectivity index (χ0n) is 14.4. The average Bonchev–Trinajstić information content (AvgIpc) is 3.06. The normalized spacial score (nSPS) is 17.1. The molecule has 1 saturated heterocycles. The number of aromatic nitrogens is 2. The van der Waals surface area contributed by atoms with Gasteiger partial charge < -0.3 is 15.0 Å². The number of methoxy groups -OCH3 is 1. The third kappa shape index (κ3) is 3.15. The Morgan fingerprint density at radius 1 is 1.26 bits per heavy atom. The topological polar surface area (TPSA) is 93.2 Å². The molecule has 0 spiro atoms. The fraction of sp³-hybridized carbons (Fsp3) is 0.278. The predicted molar refractivity (Wildman–Crippen MR) is 105 cm³/mol. The van der Waals surface area contributed by atoms with Crippen molar-refractivity contribution in [3.8, 4) is 16.2 Å². The van der Waals surface area contributed by atoms with Gasteiger partial charge in [-0.3, -0.25) is 14.2 Å². The van der Waals surface area contributed by atoms with Crippen LogP contribution in [-0.4, -0.2) is 29.1 Å². The first-order valence-electron chi connectivity index (χ1n) is 8.37. The molecule has 1 aromatic carbocycles. The molecule has 0 unspecified atom stereocenters. The maximum atomic E-state index is 13.0. The molecule has 0 saturated carbocycles. The van der Waals surface area contributed by atoms with Gasteiger partial charge in [-0.2, -0.15) is 0 Å². The van der Waals surface area contributed by atoms with Gasteiger partial charge in [0.2, 0.25) is 5.91 Å². The Morgan fingerprint density at radius 3 is 2.81 bits per heavy atom. The van der Waals surface area contributed by atoms with Crippen LogP contribution in [0.1, 0.15) is 18.9 Å². The Balaban J connectivity index is 1.87. The minimum Gasteiger partial charge on any atom is -0.497 e. The minimum absolute atomic E-state index is 0.119. The summed E-state index contributed by atoms with van der Waals surface area (Å²) in [5, 5.41) is 3.23. The molecular formula is C18H16ClN3O4S. The van der Waals surface area contributed by atoms with Crippen molar-refractivity contribution in [3.05, 3.63) is 50.1 Å². The lowest BCUT2D eigenvalue weighted by Gasteiger charge is -2.23. The first-order chi connectivity index (χ1) is 13.0. The molecule has 0 radical (unpaired) electrons. The van der Waals surface area contributed by atoms with Crippen molar-refractivity contribution in [1.29, 1.82) is 0 Å². The van der Waals surface area contributed by atoms with Crippen molar-refractivity contribution in [2.45, 2.75) is 18.9 Å². The zero-order chi connectivity index (χ0) is 19.1. The van der Waals surface area contributed by atoms with Gasteiger partial charge in [-0.15, -0.1) is 11.3 Å². The average molecular weight is 406 g/mol. The fourth-order valence-electron chi connectivity index (χ4n) is 3.29. The molecule has 27 heavy (non-hydrogen) atoms. The molecule has 1 aliphatic rings. The van der Waals surface area contributed by atoms with Crippen LogP contribution in [0.4, 0.5) is 0 Å².